The molecule has 52 heavy (non-hydrogen) atoms. The molecular formula is C50H35NO. The lowest BCUT2D eigenvalue weighted by molar-refractivity contribution is 0.669. The van der Waals surface area contributed by atoms with Crippen molar-refractivity contribution in [1.82, 2.24) is 0 Å². The molecule has 2 heteroatoms. The number of fused-ring (bicyclic) bond motifs is 6. The van der Waals surface area contributed by atoms with Gasteiger partial charge in [-0.15, -0.1) is 0 Å². The zero-order valence-electron chi connectivity index (χ0n) is 28.7. The summed E-state index contributed by atoms with van der Waals surface area (Å²) >= 11 is 0. The summed E-state index contributed by atoms with van der Waals surface area (Å²) < 4.78 is 6.16. The summed E-state index contributed by atoms with van der Waals surface area (Å²) in [6.07, 6.45) is 0. The molecule has 0 saturated heterocycles. The van der Waals surface area contributed by atoms with Gasteiger partial charge in [0.2, 0.25) is 0 Å². The molecule has 0 fully saturated rings. The molecular weight excluding hydrogens is 631 g/mol. The van der Waals surface area contributed by atoms with Crippen LogP contribution in [0.5, 0.6) is 0 Å². The topological polar surface area (TPSA) is 16.4 Å². The van der Waals surface area contributed by atoms with Gasteiger partial charge in [-0.1, -0.05) is 127 Å². The molecule has 0 unspecified atom stereocenters. The van der Waals surface area contributed by atoms with E-state index in [0.29, 0.717) is 0 Å². The molecule has 0 bridgehead atoms. The minimum atomic E-state index is 0.815. The van der Waals surface area contributed by atoms with Crippen LogP contribution in [-0.2, 0) is 13.1 Å². The highest BCUT2D eigenvalue weighted by Crippen LogP contribution is 2.41. The summed E-state index contributed by atoms with van der Waals surface area (Å²) in [6, 6.07) is 68.2. The monoisotopic (exact) mass is 665 g/mol. The van der Waals surface area contributed by atoms with Gasteiger partial charge in [-0.2, -0.15) is 0 Å². The molecule has 0 saturated carbocycles. The summed E-state index contributed by atoms with van der Waals surface area (Å²) in [5.74, 6) is 0. The van der Waals surface area contributed by atoms with Gasteiger partial charge in [0, 0.05) is 29.5 Å². The van der Waals surface area contributed by atoms with Crippen molar-refractivity contribution >= 4 is 27.6 Å². The van der Waals surface area contributed by atoms with Gasteiger partial charge in [-0.05, 0) is 127 Å². The van der Waals surface area contributed by atoms with E-state index < -0.39 is 0 Å². The Kier molecular flexibility index (Phi) is 7.32. The molecule has 0 spiro atoms. The average Bonchev–Trinajstić information content (AvgIpc) is 3.51. The normalized spacial score (nSPS) is 12.4. The largest absolute Gasteiger partial charge is 0.456 e. The van der Waals surface area contributed by atoms with Crippen molar-refractivity contribution in [2.75, 3.05) is 4.90 Å². The van der Waals surface area contributed by atoms with E-state index in [2.05, 4.69) is 181 Å². The van der Waals surface area contributed by atoms with Gasteiger partial charge in [0.1, 0.15) is 11.2 Å². The lowest BCUT2D eigenvalue weighted by atomic mass is 9.89. The summed E-state index contributed by atoms with van der Waals surface area (Å²) in [6.45, 7) is 1.64. The van der Waals surface area contributed by atoms with Crippen molar-refractivity contribution in [2.24, 2.45) is 0 Å². The fraction of sp³-hybridized carbons (Fsp3) is 0.0400. The van der Waals surface area contributed by atoms with Crippen LogP contribution in [0.2, 0.25) is 0 Å². The smallest absolute Gasteiger partial charge is 0.135 e. The number of anilines is 1. The molecule has 0 aliphatic carbocycles. The van der Waals surface area contributed by atoms with E-state index in [0.717, 1.165) is 35.0 Å². The Morgan fingerprint density at radius 2 is 0.865 bits per heavy atom. The Morgan fingerprint density at radius 1 is 0.327 bits per heavy atom. The Bertz CT molecular complexity index is 2670. The first-order valence-corrected chi connectivity index (χ1v) is 18.0. The maximum Gasteiger partial charge on any atom is 0.135 e. The van der Waals surface area contributed by atoms with Gasteiger partial charge >= 0.3 is 0 Å². The van der Waals surface area contributed by atoms with Crippen molar-refractivity contribution in [3.63, 3.8) is 0 Å². The SMILES string of the molecule is c1ccc(-c2cc(-c3ccccc3)cc(-c3ccc4c(c3)-c3ccc(-c5ccc6oc7ccccc7c6c5)cc3CN(c3ccccc3)C4)c2)cc1. The first-order chi connectivity index (χ1) is 25.7. The van der Waals surface area contributed by atoms with Crippen LogP contribution in [-0.4, -0.2) is 0 Å². The van der Waals surface area contributed by atoms with Gasteiger partial charge in [0.15, 0.2) is 0 Å². The minimum absolute atomic E-state index is 0.815. The van der Waals surface area contributed by atoms with Crippen LogP contribution >= 0.6 is 0 Å². The van der Waals surface area contributed by atoms with Gasteiger partial charge in [-0.25, -0.2) is 0 Å². The van der Waals surface area contributed by atoms with Crippen LogP contribution < -0.4 is 4.90 Å². The molecule has 1 aliphatic rings. The number of furan rings is 1. The molecule has 9 aromatic rings. The van der Waals surface area contributed by atoms with Gasteiger partial charge in [-0.3, -0.25) is 0 Å². The molecule has 0 atom stereocenters. The summed E-state index contributed by atoms with van der Waals surface area (Å²) in [7, 11) is 0. The van der Waals surface area contributed by atoms with E-state index in [1.54, 1.807) is 0 Å². The second-order valence-electron chi connectivity index (χ2n) is 13.8. The standard InChI is InChI=1S/C50H35NO/c1-4-12-34(13-5-1)40-27-41(35-14-6-2-7-15-35)29-42(28-40)38-20-21-39-32-51(44-16-8-3-9-17-44)33-43-26-36(22-24-45(43)47(39)30-38)37-23-25-50-48(31-37)46-18-10-11-19-49(46)52-50/h1-31H,32-33H2. The van der Waals surface area contributed by atoms with Gasteiger partial charge in [0.05, 0.1) is 0 Å². The van der Waals surface area contributed by atoms with Crippen LogP contribution in [0.1, 0.15) is 11.1 Å². The fourth-order valence-electron chi connectivity index (χ4n) is 7.89. The number of nitrogens with zero attached hydrogens (tertiary/aromatic N) is 1. The molecule has 2 nitrogen and oxygen atoms in total. The van der Waals surface area contributed by atoms with E-state index in [-0.39, 0.29) is 0 Å². The Hall–Kier alpha value is -6.64. The van der Waals surface area contributed by atoms with Crippen LogP contribution in [0.15, 0.2) is 192 Å². The van der Waals surface area contributed by atoms with Crippen LogP contribution in [0.25, 0.3) is 77.6 Å². The van der Waals surface area contributed by atoms with Gasteiger partial charge < -0.3 is 9.32 Å². The van der Waals surface area contributed by atoms with Crippen LogP contribution in [0, 0.1) is 0 Å². The highest BCUT2D eigenvalue weighted by Gasteiger charge is 2.22. The molecule has 2 heterocycles. The van der Waals surface area contributed by atoms with Crippen LogP contribution in [0.4, 0.5) is 5.69 Å². The van der Waals surface area contributed by atoms with E-state index >= 15 is 0 Å². The highest BCUT2D eigenvalue weighted by atomic mass is 16.3. The summed E-state index contributed by atoms with van der Waals surface area (Å²) in [5.41, 5.74) is 18.0. The van der Waals surface area contributed by atoms with E-state index in [1.807, 2.05) is 12.1 Å². The lowest BCUT2D eigenvalue weighted by Crippen LogP contribution is -2.20. The molecule has 10 rings (SSSR count). The van der Waals surface area contributed by atoms with Gasteiger partial charge in [0.25, 0.3) is 0 Å². The third-order valence-corrected chi connectivity index (χ3v) is 10.5. The minimum Gasteiger partial charge on any atom is -0.456 e. The predicted octanol–water partition coefficient (Wildman–Crippen LogP) is 13.4. The fourth-order valence-corrected chi connectivity index (χ4v) is 7.89. The summed E-state index contributed by atoms with van der Waals surface area (Å²) in [4.78, 5) is 2.50. The summed E-state index contributed by atoms with van der Waals surface area (Å²) in [5, 5.41) is 2.30. The predicted molar refractivity (Wildman–Crippen MR) is 217 cm³/mol. The first kappa shape index (κ1) is 30.2. The molecule has 0 amide bonds. The number of hydrogen-bond acceptors (Lipinski definition) is 2. The zero-order chi connectivity index (χ0) is 34.4. The maximum absolute atomic E-state index is 6.16. The second kappa shape index (κ2) is 12.6. The van der Waals surface area contributed by atoms with E-state index in [9.17, 15) is 0 Å². The molecule has 1 aliphatic heterocycles. The van der Waals surface area contributed by atoms with E-state index in [1.165, 1.54) is 72.4 Å². The van der Waals surface area contributed by atoms with Crippen LogP contribution in [0.3, 0.4) is 0 Å². The second-order valence-corrected chi connectivity index (χ2v) is 13.8. The van der Waals surface area contributed by atoms with Crippen molar-refractivity contribution in [1.29, 1.82) is 0 Å². The first-order valence-electron chi connectivity index (χ1n) is 18.0. The van der Waals surface area contributed by atoms with E-state index in [4.69, 9.17) is 4.42 Å². The van der Waals surface area contributed by atoms with Crippen molar-refractivity contribution in [2.45, 2.75) is 13.1 Å². The third-order valence-electron chi connectivity index (χ3n) is 10.5. The number of benzene rings is 8. The molecule has 1 aromatic heterocycles. The Morgan fingerprint density at radius 3 is 1.60 bits per heavy atom. The highest BCUT2D eigenvalue weighted by molar-refractivity contribution is 6.06. The molecule has 0 radical (unpaired) electrons. The zero-order valence-corrected chi connectivity index (χ0v) is 28.7. The quantitative estimate of drug-likeness (QED) is 0.182. The number of rotatable bonds is 5. The lowest BCUT2D eigenvalue weighted by Gasteiger charge is -2.24. The van der Waals surface area contributed by atoms with Crippen molar-refractivity contribution < 1.29 is 4.42 Å². The van der Waals surface area contributed by atoms with Crippen molar-refractivity contribution in [3.8, 4) is 55.6 Å². The molecule has 8 aromatic carbocycles. The number of para-hydroxylation sites is 2. The maximum atomic E-state index is 6.16. The Labute approximate surface area is 303 Å². The third kappa shape index (κ3) is 5.46. The number of hydrogen-bond donors (Lipinski definition) is 0. The molecule has 246 valence electrons. The Balaban J connectivity index is 1.12. The average molecular weight is 666 g/mol. The van der Waals surface area contributed by atoms with Crippen molar-refractivity contribution in [3.05, 3.63) is 199 Å². The molecule has 0 N–H and O–H groups in total.